The van der Waals surface area contributed by atoms with E-state index in [9.17, 15) is 9.59 Å². The average molecular weight is 424 g/mol. The fraction of sp³-hybridized carbons (Fsp3) is 0.348. The molecule has 6 nitrogen and oxygen atoms in total. The van der Waals surface area contributed by atoms with E-state index in [1.807, 2.05) is 35.4 Å². The third-order valence-corrected chi connectivity index (χ3v) is 6.38. The highest BCUT2D eigenvalue weighted by Gasteiger charge is 2.29. The lowest BCUT2D eigenvalue weighted by Gasteiger charge is -2.32. The van der Waals surface area contributed by atoms with Gasteiger partial charge in [0.2, 0.25) is 0 Å². The number of pyridine rings is 1. The maximum Gasteiger partial charge on any atom is 0.289 e. The van der Waals surface area contributed by atoms with Crippen LogP contribution >= 0.6 is 11.3 Å². The van der Waals surface area contributed by atoms with Crippen molar-refractivity contribution < 1.29 is 14.0 Å². The van der Waals surface area contributed by atoms with Crippen LogP contribution in [0.2, 0.25) is 0 Å². The molecule has 0 unspecified atom stereocenters. The van der Waals surface area contributed by atoms with Gasteiger partial charge >= 0.3 is 0 Å². The van der Waals surface area contributed by atoms with Gasteiger partial charge in [0.1, 0.15) is 0 Å². The molecule has 0 saturated carbocycles. The van der Waals surface area contributed by atoms with Crippen molar-refractivity contribution in [1.29, 1.82) is 0 Å². The molecule has 156 valence electrons. The van der Waals surface area contributed by atoms with Gasteiger partial charge in [-0.1, -0.05) is 6.07 Å². The first-order chi connectivity index (χ1) is 14.6. The van der Waals surface area contributed by atoms with E-state index in [1.165, 1.54) is 11.1 Å². The number of hydrogen-bond donors (Lipinski definition) is 1. The van der Waals surface area contributed by atoms with Crippen LogP contribution in [-0.4, -0.2) is 41.3 Å². The van der Waals surface area contributed by atoms with Crippen LogP contribution in [0.25, 0.3) is 0 Å². The second-order valence-electron chi connectivity index (χ2n) is 7.51. The fourth-order valence-electron chi connectivity index (χ4n) is 3.84. The Balaban J connectivity index is 1.40. The molecule has 3 aromatic heterocycles. The van der Waals surface area contributed by atoms with Gasteiger partial charge < -0.3 is 14.6 Å². The summed E-state index contributed by atoms with van der Waals surface area (Å²) < 4.78 is 5.23. The Morgan fingerprint density at radius 1 is 1.20 bits per heavy atom. The molecule has 4 heterocycles. The number of furan rings is 1. The van der Waals surface area contributed by atoms with Crippen LogP contribution in [0.4, 0.5) is 0 Å². The number of rotatable bonds is 6. The molecule has 1 aliphatic heterocycles. The van der Waals surface area contributed by atoms with Crippen LogP contribution in [0.5, 0.6) is 0 Å². The Hall–Kier alpha value is -2.93. The lowest BCUT2D eigenvalue weighted by atomic mass is 9.89. The molecule has 1 N–H and O–H groups in total. The Morgan fingerprint density at radius 2 is 2.03 bits per heavy atom. The molecule has 0 aromatic carbocycles. The highest BCUT2D eigenvalue weighted by molar-refractivity contribution is 7.09. The second-order valence-corrected chi connectivity index (χ2v) is 8.55. The maximum atomic E-state index is 12.9. The number of aromatic nitrogens is 1. The van der Waals surface area contributed by atoms with Crippen molar-refractivity contribution >= 4 is 23.2 Å². The number of carbonyl (C=O) groups is 2. The number of piperidine rings is 1. The van der Waals surface area contributed by atoms with Crippen molar-refractivity contribution in [2.45, 2.75) is 32.1 Å². The van der Waals surface area contributed by atoms with E-state index in [0.29, 0.717) is 31.0 Å². The zero-order valence-electron chi connectivity index (χ0n) is 17.0. The van der Waals surface area contributed by atoms with Crippen molar-refractivity contribution in [2.24, 2.45) is 0 Å². The normalized spacial score (nSPS) is 14.6. The molecule has 3 aromatic rings. The minimum absolute atomic E-state index is 0.0804. The smallest absolute Gasteiger partial charge is 0.289 e. The molecule has 30 heavy (non-hydrogen) atoms. The summed E-state index contributed by atoms with van der Waals surface area (Å²) in [5.41, 5.74) is 2.38. The minimum Gasteiger partial charge on any atom is -0.459 e. The first kappa shape index (κ1) is 20.3. The summed E-state index contributed by atoms with van der Waals surface area (Å²) in [5, 5.41) is 5.08. The standard InChI is InChI=1S/C23H25N3O3S/c1-16-6-7-19(22(27)24-11-8-18-4-3-15-30-18)21(25-16)17-9-12-26(13-10-17)23(28)20-5-2-14-29-20/h2-7,14-15,17H,8-13H2,1H3,(H,24,27). The molecule has 0 bridgehead atoms. The van der Waals surface area contributed by atoms with E-state index in [4.69, 9.17) is 9.40 Å². The number of aryl methyl sites for hydroxylation is 1. The first-order valence-electron chi connectivity index (χ1n) is 10.2. The Labute approximate surface area is 179 Å². The number of carbonyl (C=O) groups excluding carboxylic acids is 2. The van der Waals surface area contributed by atoms with Gasteiger partial charge in [0.15, 0.2) is 5.76 Å². The summed E-state index contributed by atoms with van der Waals surface area (Å²) in [6.07, 6.45) is 3.89. The zero-order valence-corrected chi connectivity index (χ0v) is 17.8. The zero-order chi connectivity index (χ0) is 20.9. The third kappa shape index (κ3) is 4.62. The summed E-state index contributed by atoms with van der Waals surface area (Å²) in [6, 6.07) is 11.3. The highest BCUT2D eigenvalue weighted by atomic mass is 32.1. The molecule has 1 saturated heterocycles. The van der Waals surface area contributed by atoms with Gasteiger partial charge in [-0.2, -0.15) is 0 Å². The molecule has 0 spiro atoms. The van der Waals surface area contributed by atoms with Crippen molar-refractivity contribution in [3.05, 3.63) is 75.6 Å². The Bertz CT molecular complexity index is 991. The molecule has 4 rings (SSSR count). The predicted molar refractivity (Wildman–Crippen MR) is 116 cm³/mol. The lowest BCUT2D eigenvalue weighted by molar-refractivity contribution is 0.0678. The highest BCUT2D eigenvalue weighted by Crippen LogP contribution is 2.30. The SMILES string of the molecule is Cc1ccc(C(=O)NCCc2cccs2)c(C2CCN(C(=O)c3ccco3)CC2)n1. The molecule has 0 aliphatic carbocycles. The number of likely N-dealkylation sites (tertiary alicyclic amines) is 1. The fourth-order valence-corrected chi connectivity index (χ4v) is 4.55. The summed E-state index contributed by atoms with van der Waals surface area (Å²) in [4.78, 5) is 33.1. The van der Waals surface area contributed by atoms with Crippen molar-refractivity contribution in [2.75, 3.05) is 19.6 Å². The molecule has 2 amide bonds. The van der Waals surface area contributed by atoms with Gasteiger partial charge in [0.05, 0.1) is 17.5 Å². The third-order valence-electron chi connectivity index (χ3n) is 5.45. The summed E-state index contributed by atoms with van der Waals surface area (Å²) >= 11 is 1.70. The number of nitrogens with zero attached hydrogens (tertiary/aromatic N) is 2. The second kappa shape index (κ2) is 9.26. The van der Waals surface area contributed by atoms with Crippen LogP contribution < -0.4 is 5.32 Å². The molecule has 7 heteroatoms. The van der Waals surface area contributed by atoms with E-state index in [1.54, 1.807) is 23.5 Å². The lowest BCUT2D eigenvalue weighted by Crippen LogP contribution is -2.38. The van der Waals surface area contributed by atoms with Gasteiger partial charge in [-0.15, -0.1) is 11.3 Å². The molecular formula is C23H25N3O3S. The Kier molecular flexibility index (Phi) is 6.28. The summed E-state index contributed by atoms with van der Waals surface area (Å²) in [5.74, 6) is 0.363. The van der Waals surface area contributed by atoms with E-state index < -0.39 is 0 Å². The van der Waals surface area contributed by atoms with Gasteiger partial charge in [-0.05, 0) is 61.9 Å². The largest absolute Gasteiger partial charge is 0.459 e. The average Bonchev–Trinajstić information content (AvgIpc) is 3.47. The molecule has 1 aliphatic rings. The van der Waals surface area contributed by atoms with Gasteiger partial charge in [-0.3, -0.25) is 14.6 Å². The van der Waals surface area contributed by atoms with Gasteiger partial charge in [0, 0.05) is 36.1 Å². The van der Waals surface area contributed by atoms with E-state index >= 15 is 0 Å². The minimum atomic E-state index is -0.0813. The van der Waals surface area contributed by atoms with E-state index in [-0.39, 0.29) is 17.7 Å². The number of nitrogens with one attached hydrogen (secondary N) is 1. The number of hydrogen-bond acceptors (Lipinski definition) is 5. The van der Waals surface area contributed by atoms with Crippen molar-refractivity contribution in [1.82, 2.24) is 15.2 Å². The van der Waals surface area contributed by atoms with Crippen LogP contribution in [0.1, 0.15) is 55.9 Å². The summed E-state index contributed by atoms with van der Waals surface area (Å²) in [6.45, 7) is 3.79. The molecule has 1 fully saturated rings. The first-order valence-corrected chi connectivity index (χ1v) is 11.1. The van der Waals surface area contributed by atoms with Crippen molar-refractivity contribution in [3.8, 4) is 0 Å². The van der Waals surface area contributed by atoms with Crippen LogP contribution in [0, 0.1) is 6.92 Å². The van der Waals surface area contributed by atoms with Crippen molar-refractivity contribution in [3.63, 3.8) is 0 Å². The monoisotopic (exact) mass is 423 g/mol. The predicted octanol–water partition coefficient (Wildman–Crippen LogP) is 4.04. The van der Waals surface area contributed by atoms with Gasteiger partial charge in [-0.25, -0.2) is 0 Å². The van der Waals surface area contributed by atoms with E-state index in [0.717, 1.165) is 30.7 Å². The van der Waals surface area contributed by atoms with Crippen LogP contribution in [0.3, 0.4) is 0 Å². The molecule has 0 atom stereocenters. The van der Waals surface area contributed by atoms with Crippen LogP contribution in [-0.2, 0) is 6.42 Å². The molecule has 0 radical (unpaired) electrons. The van der Waals surface area contributed by atoms with E-state index in [2.05, 4.69) is 11.4 Å². The summed E-state index contributed by atoms with van der Waals surface area (Å²) in [7, 11) is 0. The topological polar surface area (TPSA) is 75.4 Å². The van der Waals surface area contributed by atoms with Gasteiger partial charge in [0.25, 0.3) is 11.8 Å². The Morgan fingerprint density at radius 3 is 2.73 bits per heavy atom. The van der Waals surface area contributed by atoms with Crippen LogP contribution in [0.15, 0.2) is 52.5 Å². The molecular weight excluding hydrogens is 398 g/mol. The number of amides is 2. The number of thiophene rings is 1. The maximum absolute atomic E-state index is 12.9. The quantitative estimate of drug-likeness (QED) is 0.649.